The van der Waals surface area contributed by atoms with Gasteiger partial charge in [-0.15, -0.1) is 0 Å². The number of benzene rings is 2. The predicted molar refractivity (Wildman–Crippen MR) is 127 cm³/mol. The average Bonchev–Trinajstić information content (AvgIpc) is 2.72. The third kappa shape index (κ3) is 5.47. The summed E-state index contributed by atoms with van der Waals surface area (Å²) in [4.78, 5) is 30.6. The third-order valence-corrected chi connectivity index (χ3v) is 5.93. The highest BCUT2D eigenvalue weighted by molar-refractivity contribution is 7.99. The summed E-state index contributed by atoms with van der Waals surface area (Å²) in [7, 11) is 1.59. The van der Waals surface area contributed by atoms with Crippen molar-refractivity contribution in [1.29, 1.82) is 0 Å². The third-order valence-electron chi connectivity index (χ3n) is 4.76. The van der Waals surface area contributed by atoms with E-state index in [2.05, 4.69) is 19.2 Å². The number of nitrogens with zero attached hydrogens (tertiary/aromatic N) is 2. The van der Waals surface area contributed by atoms with E-state index in [1.165, 1.54) is 11.8 Å². The monoisotopic (exact) mass is 459 g/mol. The Kier molecular flexibility index (Phi) is 7.75. The molecule has 0 spiro atoms. The Balaban J connectivity index is 2.08. The fraction of sp³-hybridized carbons (Fsp3) is 0.348. The van der Waals surface area contributed by atoms with Gasteiger partial charge < -0.3 is 10.1 Å². The molecule has 0 radical (unpaired) electrons. The largest absolute Gasteiger partial charge is 0.383 e. The highest BCUT2D eigenvalue weighted by Crippen LogP contribution is 2.27. The number of fused-ring (bicyclic) bond motifs is 1. The number of aromatic nitrogens is 2. The summed E-state index contributed by atoms with van der Waals surface area (Å²) in [6.45, 7) is 6.46. The lowest BCUT2D eigenvalue weighted by Crippen LogP contribution is -2.36. The van der Waals surface area contributed by atoms with Crippen molar-refractivity contribution in [3.05, 3.63) is 63.4 Å². The molecular weight excluding hydrogens is 434 g/mol. The van der Waals surface area contributed by atoms with Crippen molar-refractivity contribution in [3.63, 3.8) is 0 Å². The molecule has 1 heterocycles. The van der Waals surface area contributed by atoms with Crippen LogP contribution in [0.5, 0.6) is 0 Å². The van der Waals surface area contributed by atoms with Gasteiger partial charge in [0.15, 0.2) is 5.16 Å². The van der Waals surface area contributed by atoms with Crippen molar-refractivity contribution in [3.8, 4) is 5.69 Å². The second-order valence-electron chi connectivity index (χ2n) is 7.62. The van der Waals surface area contributed by atoms with Gasteiger partial charge in [-0.25, -0.2) is 4.98 Å². The average molecular weight is 460 g/mol. The van der Waals surface area contributed by atoms with Gasteiger partial charge in [0.2, 0.25) is 5.91 Å². The molecule has 1 aromatic heterocycles. The molecule has 31 heavy (non-hydrogen) atoms. The van der Waals surface area contributed by atoms with Crippen LogP contribution in [0.4, 0.5) is 0 Å². The van der Waals surface area contributed by atoms with Gasteiger partial charge in [0.25, 0.3) is 5.56 Å². The number of halogens is 1. The van der Waals surface area contributed by atoms with Gasteiger partial charge in [0.1, 0.15) is 0 Å². The van der Waals surface area contributed by atoms with Crippen LogP contribution in [0.25, 0.3) is 16.6 Å². The van der Waals surface area contributed by atoms with E-state index in [9.17, 15) is 9.59 Å². The molecule has 164 valence electrons. The molecule has 0 fully saturated rings. The quantitative estimate of drug-likeness (QED) is 0.399. The van der Waals surface area contributed by atoms with Gasteiger partial charge >= 0.3 is 0 Å². The van der Waals surface area contributed by atoms with Crippen LogP contribution < -0.4 is 10.9 Å². The Bertz CT molecular complexity index is 1150. The SMILES string of the molecule is COCC(C)NC(=O)CSc1nc2cc(Cl)ccc2c(=O)n1-c1ccccc1C(C)C. The Labute approximate surface area is 191 Å². The second-order valence-corrected chi connectivity index (χ2v) is 9.00. The zero-order valence-electron chi connectivity index (χ0n) is 18.0. The van der Waals surface area contributed by atoms with Gasteiger partial charge in [0.05, 0.1) is 29.0 Å². The van der Waals surface area contributed by atoms with Gasteiger partial charge in [-0.3, -0.25) is 14.2 Å². The number of carbonyl (C=O) groups is 1. The van der Waals surface area contributed by atoms with E-state index >= 15 is 0 Å². The molecule has 8 heteroatoms. The lowest BCUT2D eigenvalue weighted by molar-refractivity contribution is -0.119. The number of thioether (sulfide) groups is 1. The minimum atomic E-state index is -0.189. The number of nitrogens with one attached hydrogen (secondary N) is 1. The topological polar surface area (TPSA) is 73.2 Å². The number of amides is 1. The van der Waals surface area contributed by atoms with Crippen LogP contribution in [0.2, 0.25) is 5.02 Å². The second kappa shape index (κ2) is 10.3. The van der Waals surface area contributed by atoms with Gasteiger partial charge in [-0.2, -0.15) is 0 Å². The predicted octanol–water partition coefficient (Wildman–Crippen LogP) is 4.41. The zero-order chi connectivity index (χ0) is 22.5. The van der Waals surface area contributed by atoms with Crippen molar-refractivity contribution >= 4 is 40.2 Å². The number of hydrogen-bond acceptors (Lipinski definition) is 5. The number of para-hydroxylation sites is 1. The van der Waals surface area contributed by atoms with E-state index in [0.29, 0.717) is 27.7 Å². The van der Waals surface area contributed by atoms with Gasteiger partial charge in [-0.1, -0.05) is 55.4 Å². The van der Waals surface area contributed by atoms with Crippen LogP contribution in [0, 0.1) is 0 Å². The Hall–Kier alpha value is -2.35. The molecule has 1 N–H and O–H groups in total. The number of methoxy groups -OCH3 is 1. The summed E-state index contributed by atoms with van der Waals surface area (Å²) >= 11 is 7.35. The first-order valence-corrected chi connectivity index (χ1v) is 11.4. The maximum Gasteiger partial charge on any atom is 0.266 e. The summed E-state index contributed by atoms with van der Waals surface area (Å²) in [5.74, 6) is 0.176. The van der Waals surface area contributed by atoms with Crippen molar-refractivity contribution in [2.24, 2.45) is 0 Å². The molecule has 0 bridgehead atoms. The van der Waals surface area contributed by atoms with E-state index in [0.717, 1.165) is 11.3 Å². The van der Waals surface area contributed by atoms with Crippen LogP contribution in [0.1, 0.15) is 32.3 Å². The molecule has 3 rings (SSSR count). The van der Waals surface area contributed by atoms with Crippen molar-refractivity contribution in [2.45, 2.75) is 37.9 Å². The maximum absolute atomic E-state index is 13.5. The number of ether oxygens (including phenoxy) is 1. The summed E-state index contributed by atoms with van der Waals surface area (Å²) in [6.07, 6.45) is 0. The molecule has 0 aliphatic rings. The Morgan fingerprint density at radius 3 is 2.68 bits per heavy atom. The standard InChI is InChI=1S/C23H26ClN3O3S/c1-14(2)17-7-5-6-8-20(17)27-22(29)18-10-9-16(24)11-19(18)26-23(27)31-13-21(28)25-15(3)12-30-4/h5-11,14-15H,12-13H2,1-4H3,(H,25,28). The molecule has 2 aromatic carbocycles. The first-order valence-electron chi connectivity index (χ1n) is 10.0. The van der Waals surface area contributed by atoms with E-state index in [-0.39, 0.29) is 29.2 Å². The molecule has 6 nitrogen and oxygen atoms in total. The number of carbonyl (C=O) groups excluding carboxylic acids is 1. The lowest BCUT2D eigenvalue weighted by Gasteiger charge is -2.18. The smallest absolute Gasteiger partial charge is 0.266 e. The number of rotatable bonds is 8. The normalized spacial score (nSPS) is 12.3. The van der Waals surface area contributed by atoms with Crippen LogP contribution in [-0.2, 0) is 9.53 Å². The van der Waals surface area contributed by atoms with Crippen LogP contribution in [-0.4, -0.2) is 41.0 Å². The lowest BCUT2D eigenvalue weighted by atomic mass is 10.0. The van der Waals surface area contributed by atoms with Crippen LogP contribution >= 0.6 is 23.4 Å². The maximum atomic E-state index is 13.5. The fourth-order valence-electron chi connectivity index (χ4n) is 3.37. The summed E-state index contributed by atoms with van der Waals surface area (Å²) in [5.41, 5.74) is 2.11. The molecule has 0 aliphatic heterocycles. The molecule has 1 atom stereocenters. The zero-order valence-corrected chi connectivity index (χ0v) is 19.6. The van der Waals surface area contributed by atoms with Gasteiger partial charge in [-0.05, 0) is 42.7 Å². The summed E-state index contributed by atoms with van der Waals surface area (Å²) in [5, 5.41) is 4.31. The van der Waals surface area contributed by atoms with E-state index in [1.807, 2.05) is 31.2 Å². The van der Waals surface area contributed by atoms with E-state index < -0.39 is 0 Å². The first kappa shape index (κ1) is 23.3. The molecule has 3 aromatic rings. The van der Waals surface area contributed by atoms with Crippen molar-refractivity contribution in [1.82, 2.24) is 14.9 Å². The highest BCUT2D eigenvalue weighted by Gasteiger charge is 2.18. The molecule has 0 saturated carbocycles. The fourth-order valence-corrected chi connectivity index (χ4v) is 4.35. The van der Waals surface area contributed by atoms with Crippen molar-refractivity contribution in [2.75, 3.05) is 19.5 Å². The van der Waals surface area contributed by atoms with E-state index in [1.54, 1.807) is 29.9 Å². The first-order chi connectivity index (χ1) is 14.8. The molecular formula is C23H26ClN3O3S. The number of hydrogen-bond donors (Lipinski definition) is 1. The van der Waals surface area contributed by atoms with Gasteiger partial charge in [0, 0.05) is 18.2 Å². The minimum absolute atomic E-state index is 0.106. The Morgan fingerprint density at radius 2 is 1.97 bits per heavy atom. The van der Waals surface area contributed by atoms with E-state index in [4.69, 9.17) is 21.3 Å². The van der Waals surface area contributed by atoms with Crippen LogP contribution in [0.15, 0.2) is 52.4 Å². The Morgan fingerprint density at radius 1 is 1.23 bits per heavy atom. The van der Waals surface area contributed by atoms with Crippen LogP contribution in [0.3, 0.4) is 0 Å². The van der Waals surface area contributed by atoms with Crippen molar-refractivity contribution < 1.29 is 9.53 Å². The summed E-state index contributed by atoms with van der Waals surface area (Å²) in [6, 6.07) is 12.7. The molecule has 1 unspecified atom stereocenters. The minimum Gasteiger partial charge on any atom is -0.383 e. The summed E-state index contributed by atoms with van der Waals surface area (Å²) < 4.78 is 6.66. The molecule has 1 amide bonds. The highest BCUT2D eigenvalue weighted by atomic mass is 35.5. The molecule has 0 saturated heterocycles. The molecule has 0 aliphatic carbocycles.